The minimum Gasteiger partial charge on any atom is -0.444 e. The molecule has 22 heavy (non-hydrogen) atoms. The second-order valence-corrected chi connectivity index (χ2v) is 6.30. The van der Waals surface area contributed by atoms with Crippen LogP contribution in [0, 0.1) is 11.8 Å². The molecule has 0 radical (unpaired) electrons. The summed E-state index contributed by atoms with van der Waals surface area (Å²) in [7, 11) is 0. The highest BCUT2D eigenvalue weighted by Crippen LogP contribution is 2.26. The Bertz CT molecular complexity index is 416. The summed E-state index contributed by atoms with van der Waals surface area (Å²) in [5.41, 5.74) is 0.525. The van der Waals surface area contributed by atoms with Crippen molar-refractivity contribution in [2.24, 2.45) is 17.0 Å². The summed E-state index contributed by atoms with van der Waals surface area (Å²) in [5, 5.41) is 14.8. The molecule has 2 saturated carbocycles. The van der Waals surface area contributed by atoms with Gasteiger partial charge in [0.15, 0.2) is 6.73 Å². The fourth-order valence-electron chi connectivity index (χ4n) is 3.39. The van der Waals surface area contributed by atoms with Crippen molar-refractivity contribution >= 4 is 17.6 Å². The Morgan fingerprint density at radius 3 is 2.59 bits per heavy atom. The highest BCUT2D eigenvalue weighted by molar-refractivity contribution is 6.04. The molecule has 0 heterocycles. The maximum Gasteiger partial charge on any atom is 0.307 e. The third-order valence-electron chi connectivity index (χ3n) is 4.68. The van der Waals surface area contributed by atoms with Crippen LogP contribution in [0.1, 0.15) is 64.2 Å². The minimum absolute atomic E-state index is 0.0976. The summed E-state index contributed by atoms with van der Waals surface area (Å²) in [5.74, 6) is -0.427. The van der Waals surface area contributed by atoms with Gasteiger partial charge >= 0.3 is 5.97 Å². The van der Waals surface area contributed by atoms with E-state index in [0.29, 0.717) is 30.9 Å². The molecule has 2 aliphatic rings. The van der Waals surface area contributed by atoms with E-state index in [0.717, 1.165) is 25.7 Å². The second kappa shape index (κ2) is 8.76. The average Bonchev–Trinajstić information content (AvgIpc) is 2.55. The van der Waals surface area contributed by atoms with E-state index in [1.807, 2.05) is 0 Å². The summed E-state index contributed by atoms with van der Waals surface area (Å²) in [6.07, 6.45) is 9.51. The van der Waals surface area contributed by atoms with Crippen LogP contribution in [0.25, 0.3) is 0 Å². The van der Waals surface area contributed by atoms with Crippen LogP contribution < -0.4 is 5.32 Å². The first-order valence-corrected chi connectivity index (χ1v) is 8.35. The van der Waals surface area contributed by atoms with Gasteiger partial charge in [0.2, 0.25) is 5.91 Å². The quantitative estimate of drug-likeness (QED) is 0.353. The van der Waals surface area contributed by atoms with Crippen molar-refractivity contribution in [2.45, 2.75) is 64.2 Å². The lowest BCUT2D eigenvalue weighted by molar-refractivity contribution is -0.146. The number of carbonyl (C=O) groups is 2. The lowest BCUT2D eigenvalue weighted by atomic mass is 9.86. The fraction of sp³-hybridized carbons (Fsp3) is 0.812. The molecule has 0 aromatic heterocycles. The van der Waals surface area contributed by atoms with E-state index in [2.05, 4.69) is 10.5 Å². The molecule has 124 valence electrons. The van der Waals surface area contributed by atoms with Crippen LogP contribution in [0.2, 0.25) is 0 Å². The van der Waals surface area contributed by atoms with Gasteiger partial charge in [-0.25, -0.2) is 0 Å². The van der Waals surface area contributed by atoms with E-state index in [1.54, 1.807) is 0 Å². The third kappa shape index (κ3) is 5.00. The van der Waals surface area contributed by atoms with Crippen LogP contribution in [0.3, 0.4) is 0 Å². The second-order valence-electron chi connectivity index (χ2n) is 6.30. The van der Waals surface area contributed by atoms with Crippen molar-refractivity contribution < 1.29 is 19.5 Å². The lowest BCUT2D eigenvalue weighted by Crippen LogP contribution is -2.38. The SMILES string of the molecule is O=C(CC1CCCCC1)OCNC(=O)C1CCCC/C1=N\O. The summed E-state index contributed by atoms with van der Waals surface area (Å²) in [6.45, 7) is -0.0976. The summed E-state index contributed by atoms with van der Waals surface area (Å²) in [4.78, 5) is 23.8. The van der Waals surface area contributed by atoms with Crippen LogP contribution >= 0.6 is 0 Å². The molecule has 2 aliphatic carbocycles. The topological polar surface area (TPSA) is 88.0 Å². The zero-order valence-corrected chi connectivity index (χ0v) is 13.1. The number of nitrogens with one attached hydrogen (secondary N) is 1. The third-order valence-corrected chi connectivity index (χ3v) is 4.68. The van der Waals surface area contributed by atoms with Gasteiger partial charge in [0.05, 0.1) is 11.6 Å². The summed E-state index contributed by atoms with van der Waals surface area (Å²) >= 11 is 0. The maximum atomic E-state index is 12.0. The fourth-order valence-corrected chi connectivity index (χ4v) is 3.39. The zero-order valence-electron chi connectivity index (χ0n) is 13.1. The summed E-state index contributed by atoms with van der Waals surface area (Å²) < 4.78 is 5.10. The number of carbonyl (C=O) groups excluding carboxylic acids is 2. The molecule has 0 spiro atoms. The summed E-state index contributed by atoms with van der Waals surface area (Å²) in [6, 6.07) is 0. The van der Waals surface area contributed by atoms with Crippen molar-refractivity contribution in [3.8, 4) is 0 Å². The molecular weight excluding hydrogens is 284 g/mol. The van der Waals surface area contributed by atoms with E-state index in [-0.39, 0.29) is 18.6 Å². The van der Waals surface area contributed by atoms with Crippen molar-refractivity contribution in [2.75, 3.05) is 6.73 Å². The normalized spacial score (nSPS) is 24.9. The molecular formula is C16H26N2O4. The lowest BCUT2D eigenvalue weighted by Gasteiger charge is -2.22. The van der Waals surface area contributed by atoms with Crippen molar-refractivity contribution in [1.29, 1.82) is 0 Å². The molecule has 2 N–H and O–H groups in total. The first kappa shape index (κ1) is 16.8. The Balaban J connectivity index is 1.66. The van der Waals surface area contributed by atoms with Gasteiger partial charge in [-0.3, -0.25) is 9.59 Å². The van der Waals surface area contributed by atoms with Crippen molar-refractivity contribution in [3.05, 3.63) is 0 Å². The molecule has 2 rings (SSSR count). The minimum atomic E-state index is -0.393. The number of ether oxygens (including phenoxy) is 1. The van der Waals surface area contributed by atoms with Crippen molar-refractivity contribution in [3.63, 3.8) is 0 Å². The van der Waals surface area contributed by atoms with Gasteiger partial charge in [-0.05, 0) is 38.0 Å². The first-order valence-electron chi connectivity index (χ1n) is 8.35. The van der Waals surface area contributed by atoms with Crippen LogP contribution in [0.15, 0.2) is 5.16 Å². The molecule has 0 bridgehead atoms. The van der Waals surface area contributed by atoms with E-state index in [4.69, 9.17) is 9.94 Å². The molecule has 0 aliphatic heterocycles. The Morgan fingerprint density at radius 1 is 1.14 bits per heavy atom. The average molecular weight is 310 g/mol. The Morgan fingerprint density at radius 2 is 1.86 bits per heavy atom. The van der Waals surface area contributed by atoms with E-state index in [9.17, 15) is 9.59 Å². The molecule has 1 amide bonds. The highest BCUT2D eigenvalue weighted by atomic mass is 16.5. The number of rotatable bonds is 5. The number of nitrogens with zero attached hydrogens (tertiary/aromatic N) is 1. The Kier molecular flexibility index (Phi) is 6.68. The highest BCUT2D eigenvalue weighted by Gasteiger charge is 2.27. The van der Waals surface area contributed by atoms with Gasteiger partial charge in [-0.15, -0.1) is 0 Å². The molecule has 0 aromatic carbocycles. The maximum absolute atomic E-state index is 12.0. The number of oxime groups is 1. The smallest absolute Gasteiger partial charge is 0.307 e. The van der Waals surface area contributed by atoms with Gasteiger partial charge in [-0.2, -0.15) is 0 Å². The number of hydrogen-bond acceptors (Lipinski definition) is 5. The van der Waals surface area contributed by atoms with Crippen LogP contribution in [0.5, 0.6) is 0 Å². The number of esters is 1. The molecule has 1 unspecified atom stereocenters. The molecule has 6 nitrogen and oxygen atoms in total. The van der Waals surface area contributed by atoms with Crippen LogP contribution in [-0.4, -0.2) is 29.5 Å². The van der Waals surface area contributed by atoms with Gasteiger partial charge in [0, 0.05) is 6.42 Å². The predicted molar refractivity (Wildman–Crippen MR) is 81.5 cm³/mol. The van der Waals surface area contributed by atoms with Crippen LogP contribution in [-0.2, 0) is 14.3 Å². The molecule has 6 heteroatoms. The van der Waals surface area contributed by atoms with Crippen LogP contribution in [0.4, 0.5) is 0 Å². The molecule has 0 aromatic rings. The first-order chi connectivity index (χ1) is 10.7. The number of amides is 1. The standard InChI is InChI=1S/C16H26N2O4/c19-15(10-12-6-2-1-3-7-12)22-11-17-16(20)13-8-4-5-9-14(13)18-21/h12-13,21H,1-11H2,(H,17,20)/b18-14+. The van der Waals surface area contributed by atoms with Gasteiger partial charge in [-0.1, -0.05) is 30.8 Å². The molecule has 1 atom stereocenters. The Hall–Kier alpha value is -1.59. The van der Waals surface area contributed by atoms with E-state index < -0.39 is 5.92 Å². The van der Waals surface area contributed by atoms with Crippen molar-refractivity contribution in [1.82, 2.24) is 5.32 Å². The Labute approximate surface area is 131 Å². The monoisotopic (exact) mass is 310 g/mol. The van der Waals surface area contributed by atoms with E-state index >= 15 is 0 Å². The van der Waals surface area contributed by atoms with E-state index in [1.165, 1.54) is 19.3 Å². The van der Waals surface area contributed by atoms with Gasteiger partial charge in [0.1, 0.15) is 0 Å². The van der Waals surface area contributed by atoms with Gasteiger partial charge in [0.25, 0.3) is 0 Å². The largest absolute Gasteiger partial charge is 0.444 e. The molecule has 0 saturated heterocycles. The van der Waals surface area contributed by atoms with Gasteiger partial charge < -0.3 is 15.3 Å². The zero-order chi connectivity index (χ0) is 15.8. The number of hydrogen-bond donors (Lipinski definition) is 2. The predicted octanol–water partition coefficient (Wildman–Crippen LogP) is 2.59. The molecule has 2 fully saturated rings.